The summed E-state index contributed by atoms with van der Waals surface area (Å²) in [5, 5.41) is 0. The third kappa shape index (κ3) is 2.51. The monoisotopic (exact) mass is 313 g/mol. The molecule has 0 amide bonds. The molecule has 0 saturated carbocycles. The van der Waals surface area contributed by atoms with Crippen LogP contribution in [0, 0.1) is 5.82 Å². The SMILES string of the molecule is COc1c(N)ncnc1Oc1ccc(F)c(Br)c1. The van der Waals surface area contributed by atoms with E-state index >= 15 is 0 Å². The van der Waals surface area contributed by atoms with Gasteiger partial charge in [0, 0.05) is 0 Å². The fourth-order valence-corrected chi connectivity index (χ4v) is 1.64. The van der Waals surface area contributed by atoms with Crippen molar-refractivity contribution in [1.29, 1.82) is 0 Å². The van der Waals surface area contributed by atoms with Gasteiger partial charge in [0.15, 0.2) is 5.82 Å². The van der Waals surface area contributed by atoms with Crippen molar-refractivity contribution in [1.82, 2.24) is 9.97 Å². The lowest BCUT2D eigenvalue weighted by Gasteiger charge is -2.10. The Morgan fingerprint density at radius 2 is 2.11 bits per heavy atom. The van der Waals surface area contributed by atoms with E-state index in [9.17, 15) is 4.39 Å². The van der Waals surface area contributed by atoms with Gasteiger partial charge in [-0.25, -0.2) is 9.37 Å². The molecule has 0 atom stereocenters. The number of hydrogen-bond acceptors (Lipinski definition) is 5. The van der Waals surface area contributed by atoms with E-state index in [1.807, 2.05) is 0 Å². The molecule has 2 rings (SSSR count). The summed E-state index contributed by atoms with van der Waals surface area (Å²) in [6.45, 7) is 0. The van der Waals surface area contributed by atoms with Gasteiger partial charge in [-0.1, -0.05) is 0 Å². The Morgan fingerprint density at radius 3 is 2.78 bits per heavy atom. The van der Waals surface area contributed by atoms with Gasteiger partial charge in [-0.15, -0.1) is 0 Å². The average molecular weight is 314 g/mol. The Kier molecular flexibility index (Phi) is 3.61. The Morgan fingerprint density at radius 1 is 1.33 bits per heavy atom. The summed E-state index contributed by atoms with van der Waals surface area (Å²) in [4.78, 5) is 7.69. The first kappa shape index (κ1) is 12.6. The van der Waals surface area contributed by atoms with Crippen LogP contribution in [0.4, 0.5) is 10.2 Å². The molecule has 0 unspecified atom stereocenters. The van der Waals surface area contributed by atoms with Crippen molar-refractivity contribution in [2.75, 3.05) is 12.8 Å². The van der Waals surface area contributed by atoms with Crippen molar-refractivity contribution >= 4 is 21.7 Å². The minimum absolute atomic E-state index is 0.170. The van der Waals surface area contributed by atoms with E-state index in [0.717, 1.165) is 0 Å². The molecular weight excluding hydrogens is 305 g/mol. The van der Waals surface area contributed by atoms with Crippen molar-refractivity contribution in [3.8, 4) is 17.4 Å². The van der Waals surface area contributed by atoms with E-state index in [0.29, 0.717) is 10.2 Å². The first-order chi connectivity index (χ1) is 8.61. The molecule has 0 aliphatic heterocycles. The summed E-state index contributed by atoms with van der Waals surface area (Å²) in [6.07, 6.45) is 1.26. The Hall–Kier alpha value is -1.89. The number of anilines is 1. The lowest BCUT2D eigenvalue weighted by atomic mass is 10.3. The summed E-state index contributed by atoms with van der Waals surface area (Å²) < 4.78 is 23.9. The fraction of sp³-hybridized carbons (Fsp3) is 0.0909. The Balaban J connectivity index is 2.34. The number of aromatic nitrogens is 2. The van der Waals surface area contributed by atoms with Gasteiger partial charge in [-0.3, -0.25) is 0 Å². The molecule has 0 radical (unpaired) electrons. The second-order valence-corrected chi connectivity index (χ2v) is 4.13. The predicted octanol–water partition coefficient (Wildman–Crippen LogP) is 2.76. The second-order valence-electron chi connectivity index (χ2n) is 3.28. The summed E-state index contributed by atoms with van der Waals surface area (Å²) in [5.74, 6) is 0.598. The summed E-state index contributed by atoms with van der Waals surface area (Å²) >= 11 is 3.07. The van der Waals surface area contributed by atoms with Gasteiger partial charge >= 0.3 is 0 Å². The summed E-state index contributed by atoms with van der Waals surface area (Å²) in [6, 6.07) is 4.22. The molecule has 2 aromatic rings. The number of rotatable bonds is 3. The van der Waals surface area contributed by atoms with Crippen molar-refractivity contribution in [2.24, 2.45) is 0 Å². The van der Waals surface area contributed by atoms with Gasteiger partial charge in [0.25, 0.3) is 5.88 Å². The van der Waals surface area contributed by atoms with E-state index in [1.54, 1.807) is 0 Å². The lowest BCUT2D eigenvalue weighted by Crippen LogP contribution is -2.00. The van der Waals surface area contributed by atoms with E-state index in [4.69, 9.17) is 15.2 Å². The number of hydrogen-bond donors (Lipinski definition) is 1. The molecule has 94 valence electrons. The van der Waals surface area contributed by atoms with Crippen molar-refractivity contribution in [3.63, 3.8) is 0 Å². The number of halogens is 2. The minimum Gasteiger partial charge on any atom is -0.489 e. The van der Waals surface area contributed by atoms with Crippen LogP contribution >= 0.6 is 15.9 Å². The van der Waals surface area contributed by atoms with E-state index in [1.165, 1.54) is 31.6 Å². The number of methoxy groups -OCH3 is 1. The molecule has 2 N–H and O–H groups in total. The standard InChI is InChI=1S/C11H9BrFN3O2/c1-17-9-10(14)15-5-16-11(9)18-6-2-3-8(13)7(12)4-6/h2-5H,1H3,(H2,14,15,16). The number of ether oxygens (including phenoxy) is 2. The first-order valence-corrected chi connectivity index (χ1v) is 5.68. The van der Waals surface area contributed by atoms with Crippen LogP contribution < -0.4 is 15.2 Å². The van der Waals surface area contributed by atoms with Crippen LogP contribution in [-0.4, -0.2) is 17.1 Å². The number of nitrogens with zero attached hydrogens (tertiary/aromatic N) is 2. The molecule has 0 saturated heterocycles. The summed E-state index contributed by atoms with van der Waals surface area (Å²) in [7, 11) is 1.43. The minimum atomic E-state index is -0.378. The highest BCUT2D eigenvalue weighted by atomic mass is 79.9. The van der Waals surface area contributed by atoms with Gasteiger partial charge in [-0.05, 0) is 34.1 Å². The zero-order valence-electron chi connectivity index (χ0n) is 9.35. The number of nitrogen functional groups attached to an aromatic ring is 1. The summed E-state index contributed by atoms with van der Waals surface area (Å²) in [5.41, 5.74) is 5.61. The normalized spacial score (nSPS) is 10.2. The third-order valence-electron chi connectivity index (χ3n) is 2.11. The molecule has 5 nitrogen and oxygen atoms in total. The highest BCUT2D eigenvalue weighted by Crippen LogP contribution is 2.33. The lowest BCUT2D eigenvalue weighted by molar-refractivity contribution is 0.369. The topological polar surface area (TPSA) is 70.3 Å². The maximum atomic E-state index is 13.1. The number of benzene rings is 1. The van der Waals surface area contributed by atoms with Gasteiger partial charge in [0.2, 0.25) is 5.75 Å². The predicted molar refractivity (Wildman–Crippen MR) is 67.2 cm³/mol. The van der Waals surface area contributed by atoms with Gasteiger partial charge < -0.3 is 15.2 Å². The van der Waals surface area contributed by atoms with Gasteiger partial charge in [-0.2, -0.15) is 4.98 Å². The van der Waals surface area contributed by atoms with Crippen LogP contribution in [0.1, 0.15) is 0 Å². The molecular formula is C11H9BrFN3O2. The largest absolute Gasteiger partial charge is 0.489 e. The quantitative estimate of drug-likeness (QED) is 0.943. The molecule has 0 aliphatic carbocycles. The van der Waals surface area contributed by atoms with Crippen LogP contribution in [0.5, 0.6) is 17.4 Å². The van der Waals surface area contributed by atoms with Crippen LogP contribution in [0.2, 0.25) is 0 Å². The molecule has 1 aromatic carbocycles. The van der Waals surface area contributed by atoms with Crippen molar-refractivity contribution in [3.05, 3.63) is 34.8 Å². The highest BCUT2D eigenvalue weighted by Gasteiger charge is 2.12. The molecule has 1 heterocycles. The van der Waals surface area contributed by atoms with Crippen LogP contribution in [-0.2, 0) is 0 Å². The van der Waals surface area contributed by atoms with Crippen LogP contribution in [0.3, 0.4) is 0 Å². The molecule has 0 aliphatic rings. The van der Waals surface area contributed by atoms with Crippen LogP contribution in [0.15, 0.2) is 29.0 Å². The maximum absolute atomic E-state index is 13.1. The average Bonchev–Trinajstić information content (AvgIpc) is 2.34. The Labute approximate surface area is 111 Å². The third-order valence-corrected chi connectivity index (χ3v) is 2.72. The fourth-order valence-electron chi connectivity index (χ4n) is 1.29. The van der Waals surface area contributed by atoms with E-state index < -0.39 is 0 Å². The second kappa shape index (κ2) is 5.18. The van der Waals surface area contributed by atoms with Crippen molar-refractivity contribution in [2.45, 2.75) is 0 Å². The molecule has 1 aromatic heterocycles. The molecule has 18 heavy (non-hydrogen) atoms. The van der Waals surface area contributed by atoms with E-state index in [-0.39, 0.29) is 23.3 Å². The smallest absolute Gasteiger partial charge is 0.268 e. The van der Waals surface area contributed by atoms with Crippen LogP contribution in [0.25, 0.3) is 0 Å². The van der Waals surface area contributed by atoms with Crippen molar-refractivity contribution < 1.29 is 13.9 Å². The molecule has 7 heteroatoms. The zero-order valence-corrected chi connectivity index (χ0v) is 10.9. The van der Waals surface area contributed by atoms with E-state index in [2.05, 4.69) is 25.9 Å². The Bertz CT molecular complexity index is 580. The maximum Gasteiger partial charge on any atom is 0.268 e. The van der Waals surface area contributed by atoms with Gasteiger partial charge in [0.05, 0.1) is 11.6 Å². The first-order valence-electron chi connectivity index (χ1n) is 4.89. The molecule has 0 bridgehead atoms. The molecule has 0 fully saturated rings. The molecule has 0 spiro atoms. The zero-order chi connectivity index (χ0) is 13.1. The van der Waals surface area contributed by atoms with Gasteiger partial charge in [0.1, 0.15) is 17.9 Å². The number of nitrogens with two attached hydrogens (primary N) is 1. The highest BCUT2D eigenvalue weighted by molar-refractivity contribution is 9.10.